The third kappa shape index (κ3) is 2.79. The molecule has 2 heterocycles. The van der Waals surface area contributed by atoms with Gasteiger partial charge in [-0.3, -0.25) is 0 Å². The number of hydrogen-bond acceptors (Lipinski definition) is 4. The van der Waals surface area contributed by atoms with Gasteiger partial charge in [0.2, 0.25) is 0 Å². The second-order valence-electron chi connectivity index (χ2n) is 6.96. The summed E-state index contributed by atoms with van der Waals surface area (Å²) < 4.78 is 12.1. The molecule has 4 heteroatoms. The first-order valence-electron chi connectivity index (χ1n) is 9.21. The van der Waals surface area contributed by atoms with Gasteiger partial charge in [-0.25, -0.2) is 0 Å². The first-order valence-corrected chi connectivity index (χ1v) is 10.8. The fourth-order valence-corrected chi connectivity index (χ4v) is 6.76. The summed E-state index contributed by atoms with van der Waals surface area (Å²) in [6.45, 7) is 0. The van der Waals surface area contributed by atoms with Crippen molar-refractivity contribution in [1.29, 1.82) is 0 Å². The zero-order valence-corrected chi connectivity index (χ0v) is 17.4. The van der Waals surface area contributed by atoms with Gasteiger partial charge < -0.3 is 9.47 Å². The molecule has 28 heavy (non-hydrogen) atoms. The van der Waals surface area contributed by atoms with Gasteiger partial charge in [0.05, 0.1) is 19.0 Å². The largest absolute Gasteiger partial charge is 0.497 e. The Balaban J connectivity index is 1.68. The van der Waals surface area contributed by atoms with Crippen LogP contribution < -0.4 is 9.47 Å². The van der Waals surface area contributed by atoms with Gasteiger partial charge in [-0.1, -0.05) is 36.4 Å². The zero-order chi connectivity index (χ0) is 19.1. The molecule has 4 aromatic rings. The normalized spacial score (nSPS) is 18.2. The average Bonchev–Trinajstić information content (AvgIpc) is 3.35. The van der Waals surface area contributed by atoms with E-state index < -0.39 is 0 Å². The smallest absolute Gasteiger partial charge is 0.119 e. The molecule has 1 aromatic heterocycles. The summed E-state index contributed by atoms with van der Waals surface area (Å²) in [6, 6.07) is 26.0. The lowest BCUT2D eigenvalue weighted by Crippen LogP contribution is -2.21. The molecule has 2 nitrogen and oxygen atoms in total. The molecular weight excluding hydrogens is 384 g/mol. The van der Waals surface area contributed by atoms with Crippen LogP contribution in [0.4, 0.5) is 0 Å². The van der Waals surface area contributed by atoms with Crippen LogP contribution in [0.3, 0.4) is 0 Å². The Morgan fingerprint density at radius 3 is 2.32 bits per heavy atom. The predicted octanol–water partition coefficient (Wildman–Crippen LogP) is 6.51. The molecule has 1 atom stereocenters. The van der Waals surface area contributed by atoms with Gasteiger partial charge in [-0.15, -0.1) is 23.1 Å². The van der Waals surface area contributed by atoms with Crippen molar-refractivity contribution >= 4 is 33.2 Å². The summed E-state index contributed by atoms with van der Waals surface area (Å²) in [7, 11) is 3.44. The molecule has 5 rings (SSSR count). The number of hydrogen-bond donors (Lipinski definition) is 0. The molecule has 1 aliphatic rings. The summed E-state index contributed by atoms with van der Waals surface area (Å²) in [5.74, 6) is 1.80. The predicted molar refractivity (Wildman–Crippen MR) is 118 cm³/mol. The molecule has 0 bridgehead atoms. The highest BCUT2D eigenvalue weighted by Gasteiger charge is 2.43. The molecule has 1 aliphatic heterocycles. The van der Waals surface area contributed by atoms with E-state index in [0.717, 1.165) is 17.9 Å². The number of ether oxygens (including phenoxy) is 2. The number of thioether (sulfide) groups is 1. The van der Waals surface area contributed by atoms with E-state index in [-0.39, 0.29) is 4.75 Å². The maximum absolute atomic E-state index is 5.47. The minimum Gasteiger partial charge on any atom is -0.497 e. The van der Waals surface area contributed by atoms with Crippen molar-refractivity contribution in [2.45, 2.75) is 16.1 Å². The minimum atomic E-state index is -0.134. The molecule has 0 amide bonds. The fourth-order valence-electron chi connectivity index (χ4n) is 3.88. The molecule has 0 fully saturated rings. The van der Waals surface area contributed by atoms with Crippen LogP contribution in [0.5, 0.6) is 11.5 Å². The molecule has 0 aliphatic carbocycles. The zero-order valence-electron chi connectivity index (χ0n) is 15.8. The quantitative estimate of drug-likeness (QED) is 0.386. The van der Waals surface area contributed by atoms with Crippen LogP contribution in [0.25, 0.3) is 10.1 Å². The van der Waals surface area contributed by atoms with Crippen LogP contribution in [0.15, 0.2) is 77.7 Å². The first kappa shape index (κ1) is 17.7. The topological polar surface area (TPSA) is 18.5 Å². The van der Waals surface area contributed by atoms with Crippen molar-refractivity contribution in [3.63, 3.8) is 0 Å². The van der Waals surface area contributed by atoms with Gasteiger partial charge in [-0.05, 0) is 59.3 Å². The van der Waals surface area contributed by atoms with E-state index >= 15 is 0 Å². The van der Waals surface area contributed by atoms with E-state index in [1.807, 2.05) is 23.1 Å². The highest BCUT2D eigenvalue weighted by Crippen LogP contribution is 2.58. The molecule has 0 saturated heterocycles. The summed E-state index contributed by atoms with van der Waals surface area (Å²) in [5.41, 5.74) is 2.68. The lowest BCUT2D eigenvalue weighted by molar-refractivity contribution is 0.413. The molecular formula is C24H20O2S2. The molecule has 0 spiro atoms. The van der Waals surface area contributed by atoms with Crippen LogP contribution in [0.2, 0.25) is 0 Å². The van der Waals surface area contributed by atoms with Crippen molar-refractivity contribution in [3.8, 4) is 11.5 Å². The van der Waals surface area contributed by atoms with E-state index in [0.29, 0.717) is 0 Å². The van der Waals surface area contributed by atoms with E-state index in [2.05, 4.69) is 72.8 Å². The summed E-state index contributed by atoms with van der Waals surface area (Å²) in [6.07, 6.45) is 0.968. The van der Waals surface area contributed by atoms with Crippen LogP contribution in [0.1, 0.15) is 16.0 Å². The minimum absolute atomic E-state index is 0.134. The van der Waals surface area contributed by atoms with Gasteiger partial charge in [0.1, 0.15) is 11.5 Å². The summed E-state index contributed by atoms with van der Waals surface area (Å²) in [5, 5.41) is 1.31. The summed E-state index contributed by atoms with van der Waals surface area (Å²) in [4.78, 5) is 2.69. The third-order valence-electron chi connectivity index (χ3n) is 5.38. The van der Waals surface area contributed by atoms with E-state index in [9.17, 15) is 0 Å². The van der Waals surface area contributed by atoms with Gasteiger partial charge in [0.25, 0.3) is 0 Å². The monoisotopic (exact) mass is 404 g/mol. The van der Waals surface area contributed by atoms with Crippen LogP contribution >= 0.6 is 23.1 Å². The van der Waals surface area contributed by atoms with E-state index in [1.165, 1.54) is 31.0 Å². The van der Waals surface area contributed by atoms with Crippen LogP contribution in [0, 0.1) is 0 Å². The molecule has 0 saturated carbocycles. The Morgan fingerprint density at radius 1 is 0.821 bits per heavy atom. The number of fused-ring (bicyclic) bond motifs is 2. The Labute approximate surface area is 173 Å². The number of thiophene rings is 1. The Bertz CT molecular complexity index is 1110. The fraction of sp³-hybridized carbons (Fsp3) is 0.167. The third-order valence-corrected chi connectivity index (χ3v) is 8.33. The van der Waals surface area contributed by atoms with Crippen molar-refractivity contribution in [3.05, 3.63) is 88.8 Å². The molecule has 0 radical (unpaired) electrons. The molecule has 1 unspecified atom stereocenters. The molecule has 140 valence electrons. The highest BCUT2D eigenvalue weighted by molar-refractivity contribution is 8.01. The summed E-state index contributed by atoms with van der Waals surface area (Å²) >= 11 is 3.83. The van der Waals surface area contributed by atoms with Gasteiger partial charge in [0.15, 0.2) is 0 Å². The second kappa shape index (κ2) is 6.87. The number of benzene rings is 3. The maximum atomic E-state index is 5.47. The van der Waals surface area contributed by atoms with Gasteiger partial charge in [-0.2, -0.15) is 0 Å². The molecule has 0 N–H and O–H groups in total. The SMILES string of the molecule is COc1ccc(C2(c3cc4ccccc4s3)Cc3ccc(OC)cc3S2)cc1. The Kier molecular flexibility index (Phi) is 4.33. The van der Waals surface area contributed by atoms with Gasteiger partial charge >= 0.3 is 0 Å². The van der Waals surface area contributed by atoms with Crippen molar-refractivity contribution in [2.24, 2.45) is 0 Å². The van der Waals surface area contributed by atoms with E-state index in [4.69, 9.17) is 9.47 Å². The lowest BCUT2D eigenvalue weighted by atomic mass is 9.89. The van der Waals surface area contributed by atoms with Gasteiger partial charge in [0, 0.05) is 14.5 Å². The molecule has 3 aromatic carbocycles. The Hall–Kier alpha value is -2.43. The Morgan fingerprint density at radius 2 is 1.57 bits per heavy atom. The van der Waals surface area contributed by atoms with Crippen molar-refractivity contribution in [2.75, 3.05) is 14.2 Å². The lowest BCUT2D eigenvalue weighted by Gasteiger charge is -2.28. The van der Waals surface area contributed by atoms with Crippen molar-refractivity contribution < 1.29 is 9.47 Å². The van der Waals surface area contributed by atoms with E-state index in [1.54, 1.807) is 14.2 Å². The maximum Gasteiger partial charge on any atom is 0.119 e. The number of rotatable bonds is 4. The first-order chi connectivity index (χ1) is 13.7. The van der Waals surface area contributed by atoms with Crippen LogP contribution in [-0.2, 0) is 11.2 Å². The number of methoxy groups -OCH3 is 2. The van der Waals surface area contributed by atoms with Crippen LogP contribution in [-0.4, -0.2) is 14.2 Å². The average molecular weight is 405 g/mol. The standard InChI is InChI=1S/C24H20O2S2/c1-25-19-11-8-18(9-12-19)24(23-13-16-5-3-4-6-21(16)27-23)15-17-7-10-20(26-2)14-22(17)28-24/h3-14H,15H2,1-2H3. The second-order valence-corrected chi connectivity index (χ2v) is 9.38. The van der Waals surface area contributed by atoms with Crippen molar-refractivity contribution in [1.82, 2.24) is 0 Å². The highest BCUT2D eigenvalue weighted by atomic mass is 32.2.